The van der Waals surface area contributed by atoms with E-state index < -0.39 is 0 Å². The highest BCUT2D eigenvalue weighted by Crippen LogP contribution is 2.16. The number of hydrogen-bond acceptors (Lipinski definition) is 2. The minimum absolute atomic E-state index is 0. The number of halogens is 1. The van der Waals surface area contributed by atoms with Crippen LogP contribution in [0, 0.1) is 0 Å². The van der Waals surface area contributed by atoms with E-state index in [9.17, 15) is 0 Å². The lowest BCUT2D eigenvalue weighted by Gasteiger charge is -2.22. The van der Waals surface area contributed by atoms with Gasteiger partial charge in [0.15, 0.2) is 5.96 Å². The van der Waals surface area contributed by atoms with Gasteiger partial charge in [-0.2, -0.15) is 0 Å². The third kappa shape index (κ3) is 6.79. The Morgan fingerprint density at radius 3 is 2.68 bits per heavy atom. The van der Waals surface area contributed by atoms with Gasteiger partial charge in [0.2, 0.25) is 0 Å². The lowest BCUT2D eigenvalue weighted by Crippen LogP contribution is -2.43. The van der Waals surface area contributed by atoms with Crippen LogP contribution in [-0.4, -0.2) is 49.1 Å². The number of hydrogen-bond donors (Lipinski definition) is 2. The van der Waals surface area contributed by atoms with E-state index in [-0.39, 0.29) is 24.0 Å². The van der Waals surface area contributed by atoms with Crippen molar-refractivity contribution in [2.45, 2.75) is 59.0 Å². The van der Waals surface area contributed by atoms with Gasteiger partial charge in [-0.15, -0.1) is 24.0 Å². The number of guanidine groups is 1. The van der Waals surface area contributed by atoms with E-state index in [2.05, 4.69) is 43.2 Å². The quantitative estimate of drug-likeness (QED) is 0.421. The number of nitrogens with one attached hydrogen (secondary N) is 2. The van der Waals surface area contributed by atoms with Crippen molar-refractivity contribution in [1.29, 1.82) is 0 Å². The van der Waals surface area contributed by atoms with Gasteiger partial charge in [-0.1, -0.05) is 13.8 Å². The average molecular weight is 382 g/mol. The molecule has 19 heavy (non-hydrogen) atoms. The summed E-state index contributed by atoms with van der Waals surface area (Å²) >= 11 is 0. The van der Waals surface area contributed by atoms with E-state index in [1.54, 1.807) is 0 Å². The molecule has 0 radical (unpaired) electrons. The number of likely N-dealkylation sites (tertiary alicyclic amines) is 1. The van der Waals surface area contributed by atoms with Gasteiger partial charge in [0.05, 0.1) is 6.54 Å². The maximum Gasteiger partial charge on any atom is 0.191 e. The van der Waals surface area contributed by atoms with Crippen molar-refractivity contribution in [2.75, 3.05) is 26.2 Å². The SMILES string of the molecule is CCNC(=NCC1CCCN1CC)NC(C)CC.I. The molecule has 0 aromatic rings. The first kappa shape index (κ1) is 19.0. The molecule has 0 aromatic heterocycles. The lowest BCUT2D eigenvalue weighted by atomic mass is 10.2. The van der Waals surface area contributed by atoms with Crippen LogP contribution in [-0.2, 0) is 0 Å². The first-order valence-electron chi connectivity index (χ1n) is 7.50. The van der Waals surface area contributed by atoms with E-state index in [0.29, 0.717) is 12.1 Å². The number of aliphatic imine (C=N–C) groups is 1. The topological polar surface area (TPSA) is 39.7 Å². The molecule has 5 heteroatoms. The minimum atomic E-state index is 0. The molecule has 1 aliphatic heterocycles. The monoisotopic (exact) mass is 382 g/mol. The molecular formula is C14H31IN4. The second-order valence-electron chi connectivity index (χ2n) is 5.10. The molecule has 1 rings (SSSR count). The maximum atomic E-state index is 4.73. The molecule has 0 saturated carbocycles. The van der Waals surface area contributed by atoms with Crippen molar-refractivity contribution in [1.82, 2.24) is 15.5 Å². The van der Waals surface area contributed by atoms with Crippen molar-refractivity contribution in [3.8, 4) is 0 Å². The average Bonchev–Trinajstić information content (AvgIpc) is 2.83. The molecule has 2 atom stereocenters. The van der Waals surface area contributed by atoms with Crippen molar-refractivity contribution in [3.63, 3.8) is 0 Å². The fraction of sp³-hybridized carbons (Fsp3) is 0.929. The molecule has 4 nitrogen and oxygen atoms in total. The van der Waals surface area contributed by atoms with Crippen molar-refractivity contribution < 1.29 is 0 Å². The zero-order chi connectivity index (χ0) is 13.4. The molecular weight excluding hydrogens is 351 g/mol. The Morgan fingerprint density at radius 1 is 1.37 bits per heavy atom. The summed E-state index contributed by atoms with van der Waals surface area (Å²) < 4.78 is 0. The molecule has 0 amide bonds. The predicted molar refractivity (Wildman–Crippen MR) is 94.6 cm³/mol. The van der Waals surface area contributed by atoms with Crippen LogP contribution in [0.5, 0.6) is 0 Å². The molecule has 1 aliphatic rings. The number of nitrogens with zero attached hydrogens (tertiary/aromatic N) is 2. The largest absolute Gasteiger partial charge is 0.357 e. The summed E-state index contributed by atoms with van der Waals surface area (Å²) in [7, 11) is 0. The Labute approximate surface area is 135 Å². The molecule has 1 fully saturated rings. The summed E-state index contributed by atoms with van der Waals surface area (Å²) in [6.07, 6.45) is 3.73. The zero-order valence-electron chi connectivity index (χ0n) is 12.9. The number of rotatable bonds is 6. The summed E-state index contributed by atoms with van der Waals surface area (Å²) in [4.78, 5) is 7.27. The molecule has 0 bridgehead atoms. The maximum absolute atomic E-state index is 4.73. The Kier molecular flexibility index (Phi) is 10.7. The van der Waals surface area contributed by atoms with E-state index in [1.165, 1.54) is 19.4 Å². The second-order valence-corrected chi connectivity index (χ2v) is 5.10. The van der Waals surface area contributed by atoms with E-state index in [4.69, 9.17) is 4.99 Å². The van der Waals surface area contributed by atoms with E-state index in [0.717, 1.165) is 32.0 Å². The van der Waals surface area contributed by atoms with E-state index >= 15 is 0 Å². The van der Waals surface area contributed by atoms with Gasteiger partial charge in [0, 0.05) is 18.6 Å². The second kappa shape index (κ2) is 10.7. The van der Waals surface area contributed by atoms with Crippen LogP contribution in [0.15, 0.2) is 4.99 Å². The molecule has 0 aliphatic carbocycles. The first-order chi connectivity index (χ1) is 8.71. The van der Waals surface area contributed by atoms with Crippen molar-refractivity contribution in [2.24, 2.45) is 4.99 Å². The van der Waals surface area contributed by atoms with E-state index in [1.807, 2.05) is 0 Å². The molecule has 1 heterocycles. The van der Waals surface area contributed by atoms with Crippen LogP contribution in [0.3, 0.4) is 0 Å². The molecule has 2 N–H and O–H groups in total. The normalized spacial score (nSPS) is 21.9. The standard InChI is InChI=1S/C14H30N4.HI/c1-5-12(4)17-14(15-6-2)16-11-13-9-8-10-18(13)7-3;/h12-13H,5-11H2,1-4H3,(H2,15,16,17);1H. The Hall–Kier alpha value is -0.0400. The molecule has 0 spiro atoms. The van der Waals surface area contributed by atoms with Crippen LogP contribution in [0.2, 0.25) is 0 Å². The summed E-state index contributed by atoms with van der Waals surface area (Å²) in [5, 5.41) is 6.77. The van der Waals surface area contributed by atoms with Gasteiger partial charge in [-0.3, -0.25) is 9.89 Å². The minimum Gasteiger partial charge on any atom is -0.357 e. The summed E-state index contributed by atoms with van der Waals surface area (Å²) in [5.74, 6) is 0.967. The molecule has 2 unspecified atom stereocenters. The van der Waals surface area contributed by atoms with Gasteiger partial charge < -0.3 is 10.6 Å². The van der Waals surface area contributed by atoms with Gasteiger partial charge in [0.25, 0.3) is 0 Å². The van der Waals surface area contributed by atoms with Gasteiger partial charge in [0.1, 0.15) is 0 Å². The Balaban J connectivity index is 0.00000324. The van der Waals surface area contributed by atoms with Crippen LogP contribution < -0.4 is 10.6 Å². The fourth-order valence-corrected chi connectivity index (χ4v) is 2.37. The smallest absolute Gasteiger partial charge is 0.191 e. The van der Waals surface area contributed by atoms with Gasteiger partial charge in [-0.05, 0) is 46.2 Å². The predicted octanol–water partition coefficient (Wildman–Crippen LogP) is 2.44. The Morgan fingerprint density at radius 2 is 2.11 bits per heavy atom. The van der Waals surface area contributed by atoms with Crippen molar-refractivity contribution in [3.05, 3.63) is 0 Å². The van der Waals surface area contributed by atoms with Crippen LogP contribution >= 0.6 is 24.0 Å². The third-order valence-corrected chi connectivity index (χ3v) is 3.71. The highest BCUT2D eigenvalue weighted by Gasteiger charge is 2.22. The van der Waals surface area contributed by atoms with Gasteiger partial charge >= 0.3 is 0 Å². The summed E-state index contributed by atoms with van der Waals surface area (Å²) in [6, 6.07) is 1.12. The van der Waals surface area contributed by atoms with Gasteiger partial charge in [-0.25, -0.2) is 0 Å². The highest BCUT2D eigenvalue weighted by molar-refractivity contribution is 14.0. The highest BCUT2D eigenvalue weighted by atomic mass is 127. The molecule has 0 aromatic carbocycles. The lowest BCUT2D eigenvalue weighted by molar-refractivity contribution is 0.273. The third-order valence-electron chi connectivity index (χ3n) is 3.71. The van der Waals surface area contributed by atoms with Crippen LogP contribution in [0.25, 0.3) is 0 Å². The van der Waals surface area contributed by atoms with Crippen molar-refractivity contribution >= 4 is 29.9 Å². The zero-order valence-corrected chi connectivity index (χ0v) is 15.2. The number of likely N-dealkylation sites (N-methyl/N-ethyl adjacent to an activating group) is 1. The Bertz CT molecular complexity index is 258. The fourth-order valence-electron chi connectivity index (χ4n) is 2.37. The summed E-state index contributed by atoms with van der Waals surface area (Å²) in [5.41, 5.74) is 0. The summed E-state index contributed by atoms with van der Waals surface area (Å²) in [6.45, 7) is 13.0. The molecule has 1 saturated heterocycles. The van der Waals surface area contributed by atoms with Crippen LogP contribution in [0.1, 0.15) is 47.0 Å². The molecule has 114 valence electrons. The van der Waals surface area contributed by atoms with Crippen LogP contribution in [0.4, 0.5) is 0 Å². The first-order valence-corrected chi connectivity index (χ1v) is 7.50.